The van der Waals surface area contributed by atoms with Crippen LogP contribution in [0.15, 0.2) is 78.9 Å². The molecule has 3 heteroatoms. The first-order chi connectivity index (χ1) is 12.8. The minimum absolute atomic E-state index is 0.0758. The fraction of sp³-hybridized carbons (Fsp3) is 0.174. The van der Waals surface area contributed by atoms with Gasteiger partial charge in [-0.05, 0) is 40.1 Å². The fourth-order valence-corrected chi connectivity index (χ4v) is 3.56. The molecular weight excluding hydrogens is 320 g/mol. The molecule has 2 N–H and O–H groups in total. The Kier molecular flexibility index (Phi) is 4.80. The van der Waals surface area contributed by atoms with Gasteiger partial charge in [0.1, 0.15) is 0 Å². The van der Waals surface area contributed by atoms with Crippen molar-refractivity contribution < 1.29 is 9.69 Å². The van der Waals surface area contributed by atoms with Crippen molar-refractivity contribution in [3.05, 3.63) is 84.4 Å². The fourth-order valence-electron chi connectivity index (χ4n) is 3.56. The molecule has 0 fully saturated rings. The number of nitrogens with one attached hydrogen (secondary N) is 2. The molecule has 0 radical (unpaired) electrons. The second-order valence-electron chi connectivity index (χ2n) is 6.84. The Morgan fingerprint density at radius 1 is 0.923 bits per heavy atom. The maximum atomic E-state index is 12.4. The Morgan fingerprint density at radius 2 is 1.69 bits per heavy atom. The molecular formula is C23H23N2O+. The van der Waals surface area contributed by atoms with Crippen LogP contribution in [-0.2, 0) is 4.79 Å². The molecule has 0 aromatic heterocycles. The topological polar surface area (TPSA) is 33.5 Å². The highest BCUT2D eigenvalue weighted by Gasteiger charge is 2.18. The lowest BCUT2D eigenvalue weighted by Gasteiger charge is -2.23. The summed E-state index contributed by atoms with van der Waals surface area (Å²) in [4.78, 5) is 13.7. The first kappa shape index (κ1) is 16.6. The molecule has 3 aromatic carbocycles. The average Bonchev–Trinajstić information content (AvgIpc) is 2.69. The number of amides is 1. The third-order valence-electron chi connectivity index (χ3n) is 4.97. The maximum absolute atomic E-state index is 12.4. The zero-order chi connectivity index (χ0) is 17.8. The van der Waals surface area contributed by atoms with Crippen LogP contribution in [0.5, 0.6) is 0 Å². The average molecular weight is 343 g/mol. The van der Waals surface area contributed by atoms with Crippen LogP contribution in [0.1, 0.15) is 12.0 Å². The summed E-state index contributed by atoms with van der Waals surface area (Å²) in [5.74, 6) is 0.0758. The first-order valence-electron chi connectivity index (χ1n) is 9.14. The maximum Gasteiger partial charge on any atom is 0.279 e. The molecule has 0 bridgehead atoms. The van der Waals surface area contributed by atoms with E-state index in [4.69, 9.17) is 0 Å². The normalized spacial score (nSPS) is 16.9. The second-order valence-corrected chi connectivity index (χ2v) is 6.84. The van der Waals surface area contributed by atoms with Crippen LogP contribution >= 0.6 is 0 Å². The van der Waals surface area contributed by atoms with Gasteiger partial charge in [0, 0.05) is 12.1 Å². The van der Waals surface area contributed by atoms with Crippen LogP contribution in [-0.4, -0.2) is 25.5 Å². The predicted molar refractivity (Wildman–Crippen MR) is 107 cm³/mol. The lowest BCUT2D eigenvalue weighted by molar-refractivity contribution is -0.886. The highest BCUT2D eigenvalue weighted by atomic mass is 16.2. The van der Waals surface area contributed by atoms with Gasteiger partial charge >= 0.3 is 0 Å². The van der Waals surface area contributed by atoms with E-state index in [1.165, 1.54) is 21.4 Å². The number of carbonyl (C=O) groups is 1. The van der Waals surface area contributed by atoms with Gasteiger partial charge in [-0.3, -0.25) is 4.79 Å². The van der Waals surface area contributed by atoms with E-state index < -0.39 is 0 Å². The van der Waals surface area contributed by atoms with Gasteiger partial charge < -0.3 is 10.2 Å². The van der Waals surface area contributed by atoms with E-state index in [9.17, 15) is 4.79 Å². The van der Waals surface area contributed by atoms with E-state index in [1.807, 2.05) is 36.4 Å². The molecule has 1 unspecified atom stereocenters. The Bertz CT molecular complexity index is 947. The molecule has 0 saturated carbocycles. The van der Waals surface area contributed by atoms with Gasteiger partial charge in [-0.2, -0.15) is 0 Å². The number of fused-ring (bicyclic) bond motifs is 1. The van der Waals surface area contributed by atoms with Crippen LogP contribution in [0, 0.1) is 0 Å². The zero-order valence-corrected chi connectivity index (χ0v) is 14.7. The largest absolute Gasteiger partial charge is 0.324 e. The second kappa shape index (κ2) is 7.54. The van der Waals surface area contributed by atoms with E-state index in [1.54, 1.807) is 0 Å². The summed E-state index contributed by atoms with van der Waals surface area (Å²) in [7, 11) is 0. The van der Waals surface area contributed by atoms with Crippen molar-refractivity contribution in [2.75, 3.05) is 25.0 Å². The zero-order valence-electron chi connectivity index (χ0n) is 14.7. The smallest absolute Gasteiger partial charge is 0.279 e. The van der Waals surface area contributed by atoms with E-state index in [-0.39, 0.29) is 5.91 Å². The van der Waals surface area contributed by atoms with Gasteiger partial charge in [-0.15, -0.1) is 0 Å². The predicted octanol–water partition coefficient (Wildman–Crippen LogP) is 3.15. The molecule has 0 spiro atoms. The number of carbonyl (C=O) groups excluding carboxylic acids is 1. The Morgan fingerprint density at radius 3 is 2.46 bits per heavy atom. The summed E-state index contributed by atoms with van der Waals surface area (Å²) in [6, 6.07) is 24.7. The minimum Gasteiger partial charge on any atom is -0.324 e. The minimum atomic E-state index is 0.0758. The molecule has 3 nitrogen and oxygen atoms in total. The van der Waals surface area contributed by atoms with Crippen molar-refractivity contribution in [2.45, 2.75) is 6.42 Å². The number of hydrogen-bond acceptors (Lipinski definition) is 1. The van der Waals surface area contributed by atoms with E-state index >= 15 is 0 Å². The summed E-state index contributed by atoms with van der Waals surface area (Å²) >= 11 is 0. The Balaban J connectivity index is 1.36. The third kappa shape index (κ3) is 3.84. The molecule has 3 aromatic rings. The first-order valence-corrected chi connectivity index (χ1v) is 9.14. The molecule has 1 aliphatic rings. The number of quaternary nitrogens is 1. The molecule has 130 valence electrons. The van der Waals surface area contributed by atoms with Crippen LogP contribution in [0.25, 0.3) is 16.3 Å². The monoisotopic (exact) mass is 343 g/mol. The van der Waals surface area contributed by atoms with E-state index in [0.29, 0.717) is 6.54 Å². The van der Waals surface area contributed by atoms with Crippen LogP contribution in [0.2, 0.25) is 0 Å². The standard InChI is InChI=1S/C23H22N2O/c26-23(24-22-11-10-19-8-4-5-9-21(19)16-22)17-25-14-12-20(13-15-25)18-6-2-1-3-7-18/h1-12,16H,13-15,17H2,(H,24,26)/p+1. The number of anilines is 1. The number of hydrogen-bond donors (Lipinski definition) is 2. The van der Waals surface area contributed by atoms with Gasteiger partial charge in [0.05, 0.1) is 13.1 Å². The van der Waals surface area contributed by atoms with Gasteiger partial charge in [-0.25, -0.2) is 0 Å². The molecule has 1 heterocycles. The highest BCUT2D eigenvalue weighted by Crippen LogP contribution is 2.19. The molecule has 1 amide bonds. The third-order valence-corrected chi connectivity index (χ3v) is 4.97. The molecule has 1 atom stereocenters. The molecule has 1 aliphatic heterocycles. The van der Waals surface area contributed by atoms with Crippen LogP contribution in [0.3, 0.4) is 0 Å². The summed E-state index contributed by atoms with van der Waals surface area (Å²) in [6.07, 6.45) is 3.29. The van der Waals surface area contributed by atoms with Crippen LogP contribution < -0.4 is 10.2 Å². The van der Waals surface area contributed by atoms with E-state index in [0.717, 1.165) is 30.6 Å². The van der Waals surface area contributed by atoms with Crippen molar-refractivity contribution in [3.63, 3.8) is 0 Å². The lowest BCUT2D eigenvalue weighted by Crippen LogP contribution is -3.13. The summed E-state index contributed by atoms with van der Waals surface area (Å²) in [6.45, 7) is 2.40. The van der Waals surface area contributed by atoms with Gasteiger partial charge in [0.15, 0.2) is 6.54 Å². The van der Waals surface area contributed by atoms with Crippen molar-refractivity contribution >= 4 is 27.9 Å². The van der Waals surface area contributed by atoms with Crippen molar-refractivity contribution in [1.82, 2.24) is 0 Å². The van der Waals surface area contributed by atoms with Gasteiger partial charge in [-0.1, -0.05) is 60.7 Å². The Hall–Kier alpha value is -2.91. The lowest BCUT2D eigenvalue weighted by atomic mass is 10.00. The SMILES string of the molecule is O=C(C[NH+]1CC=C(c2ccccc2)CC1)Nc1ccc2ccccc2c1. The van der Waals surface area contributed by atoms with E-state index in [2.05, 4.69) is 47.8 Å². The molecule has 0 saturated heterocycles. The van der Waals surface area contributed by atoms with Crippen molar-refractivity contribution in [2.24, 2.45) is 0 Å². The summed E-state index contributed by atoms with van der Waals surface area (Å²) in [5.41, 5.74) is 3.56. The quantitative estimate of drug-likeness (QED) is 0.750. The number of rotatable bonds is 4. The number of benzene rings is 3. The van der Waals surface area contributed by atoms with Crippen molar-refractivity contribution in [1.29, 1.82) is 0 Å². The molecule has 26 heavy (non-hydrogen) atoms. The molecule has 0 aliphatic carbocycles. The summed E-state index contributed by atoms with van der Waals surface area (Å²) in [5, 5.41) is 5.37. The highest BCUT2D eigenvalue weighted by molar-refractivity contribution is 5.94. The molecule has 4 rings (SSSR count). The van der Waals surface area contributed by atoms with Crippen LogP contribution in [0.4, 0.5) is 5.69 Å². The van der Waals surface area contributed by atoms with Gasteiger partial charge in [0.25, 0.3) is 5.91 Å². The van der Waals surface area contributed by atoms with Crippen molar-refractivity contribution in [3.8, 4) is 0 Å². The Labute approximate surface area is 154 Å². The summed E-state index contributed by atoms with van der Waals surface area (Å²) < 4.78 is 0. The van der Waals surface area contributed by atoms with Gasteiger partial charge in [0.2, 0.25) is 0 Å².